The van der Waals surface area contributed by atoms with Crippen molar-refractivity contribution in [3.05, 3.63) is 89.5 Å². The Morgan fingerprint density at radius 3 is 2.29 bits per heavy atom. The van der Waals surface area contributed by atoms with Gasteiger partial charge in [0.2, 0.25) is 11.8 Å². The summed E-state index contributed by atoms with van der Waals surface area (Å²) in [5.41, 5.74) is 2.81. The molecule has 8 nitrogen and oxygen atoms in total. The minimum atomic E-state index is -4.10. The van der Waals surface area contributed by atoms with Crippen LogP contribution < -0.4 is 14.4 Å². The SMILES string of the molecule is CCC(C(=O)NC)N(Cc1cccc(OC)c1)C(=O)CN(c1cccc(C)c1C)S(=O)(=O)c1ccccc1. The molecule has 0 aliphatic carbocycles. The molecule has 0 bridgehead atoms. The van der Waals surface area contributed by atoms with Crippen molar-refractivity contribution >= 4 is 27.5 Å². The summed E-state index contributed by atoms with van der Waals surface area (Å²) in [6, 6.07) is 19.8. The van der Waals surface area contributed by atoms with Crippen LogP contribution in [0.1, 0.15) is 30.0 Å². The molecule has 2 amide bonds. The van der Waals surface area contributed by atoms with Gasteiger partial charge in [-0.2, -0.15) is 0 Å². The number of sulfonamides is 1. The zero-order valence-corrected chi connectivity index (χ0v) is 23.3. The van der Waals surface area contributed by atoms with Crippen LogP contribution in [0.25, 0.3) is 0 Å². The second kappa shape index (κ2) is 12.6. The van der Waals surface area contributed by atoms with Crippen LogP contribution in [0, 0.1) is 13.8 Å². The van der Waals surface area contributed by atoms with Gasteiger partial charge in [-0.1, -0.05) is 49.4 Å². The Hall–Kier alpha value is -3.85. The van der Waals surface area contributed by atoms with Crippen molar-refractivity contribution in [2.75, 3.05) is 25.0 Å². The number of amides is 2. The highest BCUT2D eigenvalue weighted by atomic mass is 32.2. The van der Waals surface area contributed by atoms with Gasteiger partial charge in [-0.3, -0.25) is 13.9 Å². The summed E-state index contributed by atoms with van der Waals surface area (Å²) in [6.45, 7) is 5.17. The van der Waals surface area contributed by atoms with E-state index in [1.165, 1.54) is 24.1 Å². The van der Waals surface area contributed by atoms with E-state index in [1.54, 1.807) is 55.6 Å². The molecule has 0 aromatic heterocycles. The molecule has 0 saturated carbocycles. The number of ether oxygens (including phenoxy) is 1. The Kier molecular flexibility index (Phi) is 9.52. The minimum Gasteiger partial charge on any atom is -0.497 e. The molecule has 0 aliphatic heterocycles. The second-order valence-electron chi connectivity index (χ2n) is 8.96. The summed E-state index contributed by atoms with van der Waals surface area (Å²) in [7, 11) is -1.03. The highest BCUT2D eigenvalue weighted by Gasteiger charge is 2.34. The second-order valence-corrected chi connectivity index (χ2v) is 10.8. The lowest BCUT2D eigenvalue weighted by atomic mass is 10.1. The van der Waals surface area contributed by atoms with E-state index < -0.39 is 28.5 Å². The van der Waals surface area contributed by atoms with E-state index >= 15 is 0 Å². The Balaban J connectivity index is 2.10. The Labute approximate surface area is 225 Å². The van der Waals surface area contributed by atoms with Gasteiger partial charge >= 0.3 is 0 Å². The molecule has 3 aromatic carbocycles. The van der Waals surface area contributed by atoms with Crippen molar-refractivity contribution in [3.63, 3.8) is 0 Å². The number of benzene rings is 3. The van der Waals surface area contributed by atoms with Crippen molar-refractivity contribution in [2.24, 2.45) is 0 Å². The summed E-state index contributed by atoms with van der Waals surface area (Å²) in [6.07, 6.45) is 0.351. The van der Waals surface area contributed by atoms with Crippen LogP contribution in [0.4, 0.5) is 5.69 Å². The van der Waals surface area contributed by atoms with Crippen LogP contribution >= 0.6 is 0 Å². The smallest absolute Gasteiger partial charge is 0.264 e. The van der Waals surface area contributed by atoms with Gasteiger partial charge in [-0.15, -0.1) is 0 Å². The first-order valence-corrected chi connectivity index (χ1v) is 13.9. The van der Waals surface area contributed by atoms with Crippen molar-refractivity contribution in [3.8, 4) is 5.75 Å². The average Bonchev–Trinajstić information content (AvgIpc) is 2.93. The summed E-state index contributed by atoms with van der Waals surface area (Å²) < 4.78 is 34.2. The average molecular weight is 538 g/mol. The van der Waals surface area contributed by atoms with Gasteiger partial charge in [0.1, 0.15) is 18.3 Å². The fourth-order valence-corrected chi connectivity index (χ4v) is 5.79. The zero-order chi connectivity index (χ0) is 27.9. The number of aryl methyl sites for hydroxylation is 1. The van der Waals surface area contributed by atoms with Crippen LogP contribution in [0.15, 0.2) is 77.7 Å². The van der Waals surface area contributed by atoms with Crippen LogP contribution in [0.2, 0.25) is 0 Å². The van der Waals surface area contributed by atoms with E-state index in [0.717, 1.165) is 21.0 Å². The van der Waals surface area contributed by atoms with Gasteiger partial charge in [0, 0.05) is 13.6 Å². The molecule has 3 rings (SSSR count). The first-order valence-electron chi connectivity index (χ1n) is 12.4. The van der Waals surface area contributed by atoms with E-state index in [0.29, 0.717) is 17.9 Å². The standard InChI is InChI=1S/C29H35N3O5S/c1-6-26(29(34)30-4)31(19-23-13-11-14-24(18-23)37-5)28(33)20-32(27-17-10-12-21(2)22(27)3)38(35,36)25-15-8-7-9-16-25/h7-18,26H,6,19-20H2,1-5H3,(H,30,34). The number of carbonyl (C=O) groups excluding carboxylic acids is 2. The van der Waals surface area contributed by atoms with Crippen LogP contribution in [0.3, 0.4) is 0 Å². The lowest BCUT2D eigenvalue weighted by molar-refractivity contribution is -0.140. The third-order valence-electron chi connectivity index (χ3n) is 6.57. The number of carbonyl (C=O) groups is 2. The molecule has 9 heteroatoms. The molecule has 1 unspecified atom stereocenters. The molecule has 0 radical (unpaired) electrons. The zero-order valence-electron chi connectivity index (χ0n) is 22.5. The summed E-state index contributed by atoms with van der Waals surface area (Å²) in [5, 5.41) is 2.63. The number of anilines is 1. The van der Waals surface area contributed by atoms with Crippen molar-refractivity contribution < 1.29 is 22.7 Å². The monoisotopic (exact) mass is 537 g/mol. The molecule has 0 fully saturated rings. The maximum Gasteiger partial charge on any atom is 0.264 e. The fraction of sp³-hybridized carbons (Fsp3) is 0.310. The third kappa shape index (κ3) is 6.34. The van der Waals surface area contributed by atoms with E-state index in [9.17, 15) is 18.0 Å². The minimum absolute atomic E-state index is 0.0754. The molecule has 0 spiro atoms. The predicted molar refractivity (Wildman–Crippen MR) is 149 cm³/mol. The molecule has 0 saturated heterocycles. The fourth-order valence-electron chi connectivity index (χ4n) is 4.29. The van der Waals surface area contributed by atoms with Gasteiger partial charge in [-0.25, -0.2) is 8.42 Å². The Morgan fingerprint density at radius 1 is 0.974 bits per heavy atom. The maximum atomic E-state index is 14.0. The molecular formula is C29H35N3O5S. The van der Waals surface area contributed by atoms with Crippen molar-refractivity contribution in [2.45, 2.75) is 44.7 Å². The van der Waals surface area contributed by atoms with E-state index in [2.05, 4.69) is 5.32 Å². The number of rotatable bonds is 11. The van der Waals surface area contributed by atoms with Crippen molar-refractivity contribution in [1.29, 1.82) is 0 Å². The molecular weight excluding hydrogens is 502 g/mol. The van der Waals surface area contributed by atoms with Gasteiger partial charge in [0.25, 0.3) is 10.0 Å². The molecule has 0 heterocycles. The van der Waals surface area contributed by atoms with Crippen molar-refractivity contribution in [1.82, 2.24) is 10.2 Å². The largest absolute Gasteiger partial charge is 0.497 e. The highest BCUT2D eigenvalue weighted by Crippen LogP contribution is 2.29. The first kappa shape index (κ1) is 28.7. The first-order chi connectivity index (χ1) is 18.1. The number of hydrogen-bond acceptors (Lipinski definition) is 5. The van der Waals surface area contributed by atoms with Gasteiger partial charge in [0.05, 0.1) is 17.7 Å². The Bertz CT molecular complexity index is 1380. The summed E-state index contributed by atoms with van der Waals surface area (Å²) >= 11 is 0. The quantitative estimate of drug-likeness (QED) is 0.398. The topological polar surface area (TPSA) is 96.0 Å². The number of likely N-dealkylation sites (N-methyl/N-ethyl adjacent to an activating group) is 1. The number of nitrogens with one attached hydrogen (secondary N) is 1. The van der Waals surface area contributed by atoms with E-state index in [1.807, 2.05) is 32.9 Å². The van der Waals surface area contributed by atoms with Gasteiger partial charge in [-0.05, 0) is 67.3 Å². The normalized spacial score (nSPS) is 11.9. The number of nitrogens with zero attached hydrogens (tertiary/aromatic N) is 2. The summed E-state index contributed by atoms with van der Waals surface area (Å²) in [5.74, 6) is -0.205. The maximum absolute atomic E-state index is 14.0. The molecule has 0 aliphatic rings. The molecule has 1 atom stereocenters. The van der Waals surface area contributed by atoms with Crippen LogP contribution in [0.5, 0.6) is 5.75 Å². The van der Waals surface area contributed by atoms with E-state index in [4.69, 9.17) is 4.74 Å². The van der Waals surface area contributed by atoms with Crippen LogP contribution in [-0.2, 0) is 26.2 Å². The lowest BCUT2D eigenvalue weighted by Crippen LogP contribution is -2.51. The molecule has 1 N–H and O–H groups in total. The molecule has 202 valence electrons. The molecule has 38 heavy (non-hydrogen) atoms. The summed E-state index contributed by atoms with van der Waals surface area (Å²) in [4.78, 5) is 28.3. The highest BCUT2D eigenvalue weighted by molar-refractivity contribution is 7.92. The van der Waals surface area contributed by atoms with Crippen LogP contribution in [-0.4, -0.2) is 51.9 Å². The number of hydrogen-bond donors (Lipinski definition) is 1. The Morgan fingerprint density at radius 2 is 1.66 bits per heavy atom. The number of methoxy groups -OCH3 is 1. The lowest BCUT2D eigenvalue weighted by Gasteiger charge is -2.33. The van der Waals surface area contributed by atoms with Gasteiger partial charge < -0.3 is 15.0 Å². The third-order valence-corrected chi connectivity index (χ3v) is 8.35. The molecule has 3 aromatic rings. The van der Waals surface area contributed by atoms with Gasteiger partial charge in [0.15, 0.2) is 0 Å². The predicted octanol–water partition coefficient (Wildman–Crippen LogP) is 4.06. The van der Waals surface area contributed by atoms with E-state index in [-0.39, 0.29) is 17.3 Å².